The van der Waals surface area contributed by atoms with Crippen LogP contribution in [0.2, 0.25) is 0 Å². The number of aromatic nitrogens is 4. The van der Waals surface area contributed by atoms with E-state index in [0.717, 1.165) is 39.7 Å². The highest BCUT2D eigenvalue weighted by Crippen LogP contribution is 2.28. The van der Waals surface area contributed by atoms with Crippen molar-refractivity contribution >= 4 is 22.5 Å². The van der Waals surface area contributed by atoms with E-state index in [0.29, 0.717) is 17.7 Å². The van der Waals surface area contributed by atoms with Crippen LogP contribution in [0, 0.1) is 0 Å². The number of carbonyl (C=O) groups excluding carboxylic acids is 2. The second-order valence-corrected chi connectivity index (χ2v) is 8.91. The lowest BCUT2D eigenvalue weighted by Crippen LogP contribution is -2.30. The second kappa shape index (κ2) is 10.1. The number of benzene rings is 3. The molecule has 0 saturated carbocycles. The number of carbonyl (C=O) groups is 2. The maximum absolute atomic E-state index is 13.8. The van der Waals surface area contributed by atoms with Crippen molar-refractivity contribution in [1.29, 1.82) is 0 Å². The van der Waals surface area contributed by atoms with Crippen LogP contribution in [-0.4, -0.2) is 38.1 Å². The molecule has 0 spiro atoms. The Bertz CT molecular complexity index is 1520. The summed E-state index contributed by atoms with van der Waals surface area (Å²) >= 11 is 0. The van der Waals surface area contributed by atoms with Crippen molar-refractivity contribution in [2.45, 2.75) is 19.4 Å². The summed E-state index contributed by atoms with van der Waals surface area (Å²) in [5.74, 6) is 0.0589. The molecule has 36 heavy (non-hydrogen) atoms. The molecule has 0 unspecified atom stereocenters. The zero-order valence-electron chi connectivity index (χ0n) is 20.2. The van der Waals surface area contributed by atoms with Crippen molar-refractivity contribution in [2.75, 3.05) is 6.54 Å². The summed E-state index contributed by atoms with van der Waals surface area (Å²) in [5.41, 5.74) is 5.95. The maximum Gasteiger partial charge on any atom is 0.186 e. The van der Waals surface area contributed by atoms with Gasteiger partial charge in [0.2, 0.25) is 0 Å². The van der Waals surface area contributed by atoms with Crippen molar-refractivity contribution in [2.24, 2.45) is 7.05 Å². The molecule has 0 amide bonds. The second-order valence-electron chi connectivity index (χ2n) is 8.91. The summed E-state index contributed by atoms with van der Waals surface area (Å²) in [5, 5.41) is 12.5. The van der Waals surface area contributed by atoms with E-state index in [1.165, 1.54) is 0 Å². The number of nitrogens with zero attached hydrogens (tertiary/aromatic N) is 3. The molecule has 1 atom stereocenters. The van der Waals surface area contributed by atoms with Crippen LogP contribution < -0.4 is 5.32 Å². The van der Waals surface area contributed by atoms with E-state index in [2.05, 4.69) is 20.6 Å². The minimum Gasteiger partial charge on any atom is -0.360 e. The van der Waals surface area contributed by atoms with E-state index < -0.39 is 6.04 Å². The van der Waals surface area contributed by atoms with Crippen molar-refractivity contribution in [1.82, 2.24) is 25.3 Å². The standard InChI is InChI=1S/C29H27N5O2/c1-19(35)21-10-8-20(9-11-21)14-15-30-28(22-6-4-3-5-7-22)29(36)25-17-31-26-16-23(12-13-24(25)26)27-18-34(2)33-32-27/h3-13,16-18,28,30-31H,14-15H2,1-2H3/t28-/m0/s1. The number of aryl methyl sites for hydroxylation is 1. The van der Waals surface area contributed by atoms with Gasteiger partial charge >= 0.3 is 0 Å². The third kappa shape index (κ3) is 4.87. The minimum atomic E-state index is -0.485. The number of fused-ring (bicyclic) bond motifs is 1. The topological polar surface area (TPSA) is 92.7 Å². The molecule has 0 aliphatic heterocycles. The number of nitrogens with one attached hydrogen (secondary N) is 2. The van der Waals surface area contributed by atoms with Gasteiger partial charge in [-0.2, -0.15) is 0 Å². The lowest BCUT2D eigenvalue weighted by Gasteiger charge is -2.18. The average Bonchev–Trinajstić information content (AvgIpc) is 3.53. The van der Waals surface area contributed by atoms with Crippen LogP contribution in [0.25, 0.3) is 22.2 Å². The molecule has 2 heterocycles. The number of hydrogen-bond donors (Lipinski definition) is 2. The predicted octanol–water partition coefficient (Wildman–Crippen LogP) is 4.92. The summed E-state index contributed by atoms with van der Waals surface area (Å²) in [6, 6.07) is 22.8. The fourth-order valence-electron chi connectivity index (χ4n) is 4.40. The Morgan fingerprint density at radius 2 is 1.81 bits per heavy atom. The quantitative estimate of drug-likeness (QED) is 0.294. The third-order valence-corrected chi connectivity index (χ3v) is 6.36. The number of hydrogen-bond acceptors (Lipinski definition) is 5. The molecule has 5 aromatic rings. The van der Waals surface area contributed by atoms with Gasteiger partial charge in [0.1, 0.15) is 5.69 Å². The first-order valence-electron chi connectivity index (χ1n) is 11.9. The summed E-state index contributed by atoms with van der Waals surface area (Å²) in [4.78, 5) is 28.6. The molecule has 0 saturated heterocycles. The molecular formula is C29H27N5O2. The zero-order valence-corrected chi connectivity index (χ0v) is 20.2. The van der Waals surface area contributed by atoms with Crippen LogP contribution in [0.3, 0.4) is 0 Å². The SMILES string of the molecule is CC(=O)c1ccc(CCN[C@H](C(=O)c2c[nH]c3cc(-c4cn(C)nn4)ccc23)c2ccccc2)cc1. The first-order chi connectivity index (χ1) is 17.5. The van der Waals surface area contributed by atoms with Crippen molar-refractivity contribution in [3.8, 4) is 11.3 Å². The molecule has 2 aromatic heterocycles. The van der Waals surface area contributed by atoms with Crippen LogP contribution in [0.5, 0.6) is 0 Å². The molecule has 0 aliphatic carbocycles. The van der Waals surface area contributed by atoms with E-state index >= 15 is 0 Å². The Kier molecular flexibility index (Phi) is 6.56. The van der Waals surface area contributed by atoms with Gasteiger partial charge in [-0.05, 0) is 30.5 Å². The van der Waals surface area contributed by atoms with Crippen LogP contribution >= 0.6 is 0 Å². The molecule has 3 aromatic carbocycles. The summed E-state index contributed by atoms with van der Waals surface area (Å²) < 4.78 is 1.66. The van der Waals surface area contributed by atoms with Gasteiger partial charge < -0.3 is 10.3 Å². The Hall–Kier alpha value is -4.36. The van der Waals surface area contributed by atoms with Gasteiger partial charge in [-0.1, -0.05) is 71.9 Å². The van der Waals surface area contributed by atoms with E-state index in [4.69, 9.17) is 0 Å². The first kappa shape index (κ1) is 23.4. The molecule has 0 radical (unpaired) electrons. The molecule has 2 N–H and O–H groups in total. The average molecular weight is 478 g/mol. The first-order valence-corrected chi connectivity index (χ1v) is 11.9. The highest BCUT2D eigenvalue weighted by atomic mass is 16.1. The van der Waals surface area contributed by atoms with Crippen LogP contribution in [0.15, 0.2) is 85.2 Å². The smallest absolute Gasteiger partial charge is 0.186 e. The Morgan fingerprint density at radius 3 is 2.50 bits per heavy atom. The normalized spacial score (nSPS) is 12.1. The monoisotopic (exact) mass is 477 g/mol. The summed E-state index contributed by atoms with van der Waals surface area (Å²) in [6.45, 7) is 2.18. The van der Waals surface area contributed by atoms with Gasteiger partial charge in [-0.25, -0.2) is 0 Å². The zero-order chi connectivity index (χ0) is 25.1. The van der Waals surface area contributed by atoms with E-state index in [1.807, 2.05) is 86.0 Å². The molecule has 7 heteroatoms. The Morgan fingerprint density at radius 1 is 1.03 bits per heavy atom. The van der Waals surface area contributed by atoms with E-state index in [1.54, 1.807) is 17.8 Å². The van der Waals surface area contributed by atoms with Crippen LogP contribution in [0.4, 0.5) is 0 Å². The molecule has 0 bridgehead atoms. The molecular weight excluding hydrogens is 450 g/mol. The van der Waals surface area contributed by atoms with Gasteiger partial charge in [0.05, 0.1) is 12.2 Å². The van der Waals surface area contributed by atoms with Gasteiger partial charge in [-0.15, -0.1) is 5.10 Å². The lowest BCUT2D eigenvalue weighted by atomic mass is 9.96. The van der Waals surface area contributed by atoms with Gasteiger partial charge in [0.25, 0.3) is 0 Å². The highest BCUT2D eigenvalue weighted by molar-refractivity contribution is 6.11. The summed E-state index contributed by atoms with van der Waals surface area (Å²) in [7, 11) is 1.83. The lowest BCUT2D eigenvalue weighted by molar-refractivity contribution is 0.0944. The summed E-state index contributed by atoms with van der Waals surface area (Å²) in [6.07, 6.45) is 4.38. The molecule has 7 nitrogen and oxygen atoms in total. The number of aromatic amines is 1. The van der Waals surface area contributed by atoms with Crippen molar-refractivity contribution in [3.05, 3.63) is 107 Å². The molecule has 5 rings (SSSR count). The van der Waals surface area contributed by atoms with Crippen molar-refractivity contribution < 1.29 is 9.59 Å². The van der Waals surface area contributed by atoms with Crippen LogP contribution in [0.1, 0.15) is 44.8 Å². The molecule has 180 valence electrons. The van der Waals surface area contributed by atoms with E-state index in [9.17, 15) is 9.59 Å². The fraction of sp³-hybridized carbons (Fsp3) is 0.172. The van der Waals surface area contributed by atoms with Gasteiger partial charge in [0.15, 0.2) is 11.6 Å². The largest absolute Gasteiger partial charge is 0.360 e. The minimum absolute atomic E-state index is 0.00614. The Labute approximate surface area is 209 Å². The number of H-pyrrole nitrogens is 1. The van der Waals surface area contributed by atoms with Crippen molar-refractivity contribution in [3.63, 3.8) is 0 Å². The predicted molar refractivity (Wildman–Crippen MR) is 140 cm³/mol. The van der Waals surface area contributed by atoms with E-state index in [-0.39, 0.29) is 11.6 Å². The number of ketones is 2. The Balaban J connectivity index is 1.37. The fourth-order valence-corrected chi connectivity index (χ4v) is 4.40. The van der Waals surface area contributed by atoms with Gasteiger partial charge in [0, 0.05) is 47.4 Å². The van der Waals surface area contributed by atoms with Gasteiger partial charge in [-0.3, -0.25) is 14.3 Å². The molecule has 0 fully saturated rings. The maximum atomic E-state index is 13.8. The third-order valence-electron chi connectivity index (χ3n) is 6.36. The highest BCUT2D eigenvalue weighted by Gasteiger charge is 2.24. The number of Topliss-reactive ketones (excluding diaryl/α,β-unsaturated/α-hetero) is 2. The molecule has 0 aliphatic rings. The van der Waals surface area contributed by atoms with Crippen LogP contribution in [-0.2, 0) is 13.5 Å². The number of rotatable bonds is 9.